The zero-order chi connectivity index (χ0) is 25.4. The van der Waals surface area contributed by atoms with Gasteiger partial charge in [-0.1, -0.05) is 24.3 Å². The van der Waals surface area contributed by atoms with Gasteiger partial charge < -0.3 is 14.8 Å². The van der Waals surface area contributed by atoms with E-state index in [1.54, 1.807) is 12.1 Å². The molecule has 1 fully saturated rings. The Morgan fingerprint density at radius 2 is 1.89 bits per heavy atom. The van der Waals surface area contributed by atoms with Crippen LogP contribution in [0.4, 0.5) is 14.5 Å². The summed E-state index contributed by atoms with van der Waals surface area (Å²) in [5, 5.41) is 3.04. The molecule has 0 radical (unpaired) electrons. The van der Waals surface area contributed by atoms with Crippen LogP contribution in [0.2, 0.25) is 0 Å². The number of fused-ring (bicyclic) bond motifs is 3. The Labute approximate surface area is 214 Å². The van der Waals surface area contributed by atoms with Gasteiger partial charge in [-0.2, -0.15) is 0 Å². The molecule has 3 aliphatic heterocycles. The van der Waals surface area contributed by atoms with Crippen LogP contribution in [0.25, 0.3) is 11.6 Å². The molecule has 1 amide bonds. The monoisotopic (exact) mass is 502 g/mol. The molecule has 6 rings (SSSR count). The maximum absolute atomic E-state index is 14.7. The first kappa shape index (κ1) is 23.8. The van der Waals surface area contributed by atoms with E-state index in [2.05, 4.69) is 10.2 Å². The van der Waals surface area contributed by atoms with E-state index >= 15 is 0 Å². The van der Waals surface area contributed by atoms with Gasteiger partial charge in [0, 0.05) is 36.0 Å². The lowest BCUT2D eigenvalue weighted by atomic mass is 9.91. The maximum atomic E-state index is 14.7. The van der Waals surface area contributed by atoms with E-state index in [1.165, 1.54) is 18.2 Å². The molecule has 5 nitrogen and oxygen atoms in total. The van der Waals surface area contributed by atoms with Crippen molar-refractivity contribution >= 4 is 23.2 Å². The number of hydrogen-bond acceptors (Lipinski definition) is 4. The summed E-state index contributed by atoms with van der Waals surface area (Å²) in [6, 6.07) is 15.2. The minimum absolute atomic E-state index is 0.0160. The van der Waals surface area contributed by atoms with Gasteiger partial charge in [0.05, 0.1) is 19.1 Å². The minimum Gasteiger partial charge on any atom is -0.488 e. The van der Waals surface area contributed by atoms with E-state index in [-0.39, 0.29) is 24.2 Å². The summed E-state index contributed by atoms with van der Waals surface area (Å²) >= 11 is 0. The highest BCUT2D eigenvalue weighted by molar-refractivity contribution is 6.03. The van der Waals surface area contributed by atoms with Gasteiger partial charge in [-0.25, -0.2) is 8.78 Å². The fraction of sp³-hybridized carbons (Fsp3) is 0.300. The highest BCUT2D eigenvalue weighted by Gasteiger charge is 2.30. The molecule has 1 saturated heterocycles. The topological polar surface area (TPSA) is 50.8 Å². The Hall–Kier alpha value is -3.55. The fourth-order valence-electron chi connectivity index (χ4n) is 5.48. The predicted octanol–water partition coefficient (Wildman–Crippen LogP) is 5.59. The molecule has 7 heteroatoms. The third kappa shape index (κ3) is 4.77. The molecule has 1 atom stereocenters. The zero-order valence-corrected chi connectivity index (χ0v) is 20.4. The number of amides is 1. The molecular weight excluding hydrogens is 474 g/mol. The van der Waals surface area contributed by atoms with Crippen molar-refractivity contribution in [1.82, 2.24) is 4.90 Å². The number of benzene rings is 3. The predicted molar refractivity (Wildman–Crippen MR) is 138 cm³/mol. The van der Waals surface area contributed by atoms with Crippen LogP contribution in [-0.4, -0.2) is 43.7 Å². The van der Waals surface area contributed by atoms with Crippen LogP contribution in [0.1, 0.15) is 46.6 Å². The molecule has 3 aromatic rings. The van der Waals surface area contributed by atoms with Crippen LogP contribution in [0, 0.1) is 11.6 Å². The van der Waals surface area contributed by atoms with Gasteiger partial charge in [-0.05, 0) is 72.0 Å². The van der Waals surface area contributed by atoms with Crippen LogP contribution in [-0.2, 0) is 16.1 Å². The molecule has 190 valence electrons. The van der Waals surface area contributed by atoms with E-state index in [0.29, 0.717) is 22.4 Å². The second kappa shape index (κ2) is 10.1. The number of anilines is 1. The molecular formula is C30H28F2N2O3. The number of nitrogens with one attached hydrogen (secondary N) is 1. The molecule has 3 heterocycles. The fourth-order valence-corrected chi connectivity index (χ4v) is 5.48. The molecule has 0 aliphatic carbocycles. The Balaban J connectivity index is 1.30. The Morgan fingerprint density at radius 3 is 2.76 bits per heavy atom. The second-order valence-electron chi connectivity index (χ2n) is 9.74. The van der Waals surface area contributed by atoms with Crippen molar-refractivity contribution in [2.45, 2.75) is 25.4 Å². The van der Waals surface area contributed by atoms with Crippen molar-refractivity contribution in [3.8, 4) is 5.75 Å². The van der Waals surface area contributed by atoms with Crippen LogP contribution in [0.5, 0.6) is 5.75 Å². The molecule has 1 N–H and O–H groups in total. The van der Waals surface area contributed by atoms with Crippen LogP contribution >= 0.6 is 0 Å². The zero-order valence-electron chi connectivity index (χ0n) is 20.4. The van der Waals surface area contributed by atoms with Gasteiger partial charge in [-0.15, -0.1) is 0 Å². The highest BCUT2D eigenvalue weighted by atomic mass is 19.1. The lowest BCUT2D eigenvalue weighted by Gasteiger charge is -2.26. The molecule has 3 aliphatic rings. The van der Waals surface area contributed by atoms with E-state index < -0.39 is 5.82 Å². The van der Waals surface area contributed by atoms with Crippen LogP contribution in [0.15, 0.2) is 54.6 Å². The third-order valence-electron chi connectivity index (χ3n) is 7.42. The summed E-state index contributed by atoms with van der Waals surface area (Å²) in [6.07, 6.45) is 3.68. The van der Waals surface area contributed by atoms with E-state index in [9.17, 15) is 13.6 Å². The molecule has 0 aromatic heterocycles. The third-order valence-corrected chi connectivity index (χ3v) is 7.42. The number of nitrogens with zero attached hydrogens (tertiary/aromatic N) is 1. The average molecular weight is 503 g/mol. The Kier molecular flexibility index (Phi) is 6.49. The van der Waals surface area contributed by atoms with E-state index in [4.69, 9.17) is 9.47 Å². The van der Waals surface area contributed by atoms with Crippen molar-refractivity contribution in [2.75, 3.05) is 38.2 Å². The van der Waals surface area contributed by atoms with E-state index in [1.807, 2.05) is 30.3 Å². The smallest absolute Gasteiger partial charge is 0.232 e. The molecule has 0 saturated carbocycles. The number of ether oxygens (including phenoxy) is 2. The first-order chi connectivity index (χ1) is 18.1. The van der Waals surface area contributed by atoms with Crippen LogP contribution < -0.4 is 10.1 Å². The van der Waals surface area contributed by atoms with Gasteiger partial charge in [0.2, 0.25) is 5.91 Å². The van der Waals surface area contributed by atoms with Gasteiger partial charge in [0.25, 0.3) is 0 Å². The molecule has 37 heavy (non-hydrogen) atoms. The quantitative estimate of drug-likeness (QED) is 0.494. The first-order valence-electron chi connectivity index (χ1n) is 12.7. The largest absolute Gasteiger partial charge is 0.488 e. The summed E-state index contributed by atoms with van der Waals surface area (Å²) < 4.78 is 39.9. The van der Waals surface area contributed by atoms with Crippen molar-refractivity contribution in [1.29, 1.82) is 0 Å². The number of halogens is 2. The molecule has 0 spiro atoms. The molecule has 3 aromatic carbocycles. The number of carbonyl (C=O) groups is 1. The summed E-state index contributed by atoms with van der Waals surface area (Å²) in [7, 11) is 0. The lowest BCUT2D eigenvalue weighted by molar-refractivity contribution is -0.117. The summed E-state index contributed by atoms with van der Waals surface area (Å²) in [4.78, 5) is 15.2. The summed E-state index contributed by atoms with van der Waals surface area (Å²) in [5.74, 6) is -0.542. The molecule has 1 unspecified atom stereocenters. The number of carbonyl (C=O) groups excluding carboxylic acids is 1. The standard InChI is InChI=1S/C30H28F2N2O3/c31-20-7-9-23-25(21-3-1-5-27(32)26(21)18-37-29(23)17-20)15-19-6-8-22-24(30(35)33-28(22)16-19)4-2-10-34-11-13-36-14-12-34/h1,3,5-9,15-17,24H,2,4,10-14,18H2,(H,33,35)/b25-15+. The van der Waals surface area contributed by atoms with E-state index in [0.717, 1.165) is 68.1 Å². The SMILES string of the molecule is O=C1Nc2cc(/C=C3/c4ccc(F)cc4OCc4c(F)cccc43)ccc2C1CCCN1CCOCC1. The van der Waals surface area contributed by atoms with Crippen LogP contribution in [0.3, 0.4) is 0 Å². The Morgan fingerprint density at radius 1 is 1.03 bits per heavy atom. The van der Waals surface area contributed by atoms with Crippen molar-refractivity contribution in [2.24, 2.45) is 0 Å². The normalized spacial score (nSPS) is 20.0. The van der Waals surface area contributed by atoms with Gasteiger partial charge in [0.1, 0.15) is 24.0 Å². The Bertz CT molecular complexity index is 1380. The van der Waals surface area contributed by atoms with Gasteiger partial charge >= 0.3 is 0 Å². The summed E-state index contributed by atoms with van der Waals surface area (Å²) in [6.45, 7) is 4.41. The van der Waals surface area contributed by atoms with Gasteiger partial charge in [-0.3, -0.25) is 9.69 Å². The van der Waals surface area contributed by atoms with Crippen molar-refractivity contribution in [3.63, 3.8) is 0 Å². The maximum Gasteiger partial charge on any atom is 0.232 e. The lowest BCUT2D eigenvalue weighted by Crippen LogP contribution is -2.37. The summed E-state index contributed by atoms with van der Waals surface area (Å²) in [5.41, 5.74) is 5.24. The first-order valence-corrected chi connectivity index (χ1v) is 12.7. The number of hydrogen-bond donors (Lipinski definition) is 1. The average Bonchev–Trinajstić information content (AvgIpc) is 3.12. The number of morpholine rings is 1. The second-order valence-corrected chi connectivity index (χ2v) is 9.74. The number of rotatable bonds is 5. The highest BCUT2D eigenvalue weighted by Crippen LogP contribution is 2.41. The van der Waals surface area contributed by atoms with Gasteiger partial charge in [0.15, 0.2) is 0 Å². The minimum atomic E-state index is -0.413. The van der Waals surface area contributed by atoms with Crippen molar-refractivity contribution in [3.05, 3.63) is 94.0 Å². The van der Waals surface area contributed by atoms with Crippen molar-refractivity contribution < 1.29 is 23.0 Å². The molecule has 0 bridgehead atoms.